The summed E-state index contributed by atoms with van der Waals surface area (Å²) in [6, 6.07) is 7.27. The molecule has 1 aromatic heterocycles. The minimum atomic E-state index is -0.140. The van der Waals surface area contributed by atoms with Crippen molar-refractivity contribution < 1.29 is 14.3 Å². The highest BCUT2D eigenvalue weighted by molar-refractivity contribution is 5.95. The van der Waals surface area contributed by atoms with Crippen LogP contribution in [0.25, 0.3) is 0 Å². The van der Waals surface area contributed by atoms with Gasteiger partial charge < -0.3 is 15.0 Å². The van der Waals surface area contributed by atoms with E-state index in [0.29, 0.717) is 30.4 Å². The molecule has 1 aliphatic heterocycles. The summed E-state index contributed by atoms with van der Waals surface area (Å²) in [6.45, 7) is 4.70. The standard InChI is InChI=1S/C20H24N4O3/c1-3-15-11-21-20(22-12-15)27-18-5-4-10-24(13-18)19(26)16-6-8-17(9-7-16)23-14(2)25/h6-9,11-12,18H,3-5,10,13H2,1-2H3,(H,23,25). The van der Waals surface area contributed by atoms with Crippen LogP contribution in [0.4, 0.5) is 5.69 Å². The molecule has 2 heterocycles. The van der Waals surface area contributed by atoms with Crippen molar-refractivity contribution in [1.29, 1.82) is 0 Å². The zero-order chi connectivity index (χ0) is 19.2. The van der Waals surface area contributed by atoms with Gasteiger partial charge in [-0.15, -0.1) is 0 Å². The van der Waals surface area contributed by atoms with Crippen LogP contribution < -0.4 is 10.1 Å². The van der Waals surface area contributed by atoms with Crippen LogP contribution in [0.3, 0.4) is 0 Å². The highest BCUT2D eigenvalue weighted by atomic mass is 16.5. The maximum Gasteiger partial charge on any atom is 0.316 e. The molecule has 0 spiro atoms. The number of ether oxygens (including phenoxy) is 1. The van der Waals surface area contributed by atoms with Crippen LogP contribution in [0.2, 0.25) is 0 Å². The Morgan fingerprint density at radius 3 is 2.56 bits per heavy atom. The van der Waals surface area contributed by atoms with E-state index in [1.165, 1.54) is 6.92 Å². The summed E-state index contributed by atoms with van der Waals surface area (Å²) < 4.78 is 5.87. The molecule has 142 valence electrons. The van der Waals surface area contributed by atoms with E-state index >= 15 is 0 Å². The average molecular weight is 368 g/mol. The minimum absolute atomic E-state index is 0.0417. The topological polar surface area (TPSA) is 84.4 Å². The Balaban J connectivity index is 1.60. The number of amides is 2. The molecule has 0 bridgehead atoms. The molecule has 1 aromatic carbocycles. The third-order valence-corrected chi connectivity index (χ3v) is 4.48. The lowest BCUT2D eigenvalue weighted by atomic mass is 10.1. The van der Waals surface area contributed by atoms with Crippen molar-refractivity contribution in [1.82, 2.24) is 14.9 Å². The lowest BCUT2D eigenvalue weighted by Crippen LogP contribution is -2.44. The molecule has 0 aliphatic carbocycles. The number of nitrogens with one attached hydrogen (secondary N) is 1. The van der Waals surface area contributed by atoms with Crippen molar-refractivity contribution >= 4 is 17.5 Å². The number of nitrogens with zero attached hydrogens (tertiary/aromatic N) is 3. The fraction of sp³-hybridized carbons (Fsp3) is 0.400. The quantitative estimate of drug-likeness (QED) is 0.877. The van der Waals surface area contributed by atoms with Crippen LogP contribution >= 0.6 is 0 Å². The zero-order valence-electron chi connectivity index (χ0n) is 15.6. The summed E-state index contributed by atoms with van der Waals surface area (Å²) in [6.07, 6.45) is 6.04. The first-order valence-electron chi connectivity index (χ1n) is 9.19. The Kier molecular flexibility index (Phi) is 6.01. The van der Waals surface area contributed by atoms with E-state index in [-0.39, 0.29) is 17.9 Å². The van der Waals surface area contributed by atoms with Gasteiger partial charge in [-0.3, -0.25) is 9.59 Å². The third kappa shape index (κ3) is 5.03. The number of carbonyl (C=O) groups excluding carboxylic acids is 2. The second-order valence-electron chi connectivity index (χ2n) is 6.62. The molecule has 0 saturated carbocycles. The van der Waals surface area contributed by atoms with E-state index in [9.17, 15) is 9.59 Å². The summed E-state index contributed by atoms with van der Waals surface area (Å²) in [7, 11) is 0. The van der Waals surface area contributed by atoms with Gasteiger partial charge in [-0.2, -0.15) is 0 Å². The molecule has 3 rings (SSSR count). The highest BCUT2D eigenvalue weighted by Crippen LogP contribution is 2.19. The fourth-order valence-corrected chi connectivity index (χ4v) is 3.04. The second-order valence-corrected chi connectivity index (χ2v) is 6.62. The zero-order valence-corrected chi connectivity index (χ0v) is 15.6. The molecule has 0 radical (unpaired) electrons. The van der Waals surface area contributed by atoms with Crippen LogP contribution in [0.15, 0.2) is 36.7 Å². The predicted octanol–water partition coefficient (Wildman–Crippen LogP) is 2.68. The summed E-state index contributed by atoms with van der Waals surface area (Å²) in [5.74, 6) is -0.181. The Morgan fingerprint density at radius 1 is 1.22 bits per heavy atom. The van der Waals surface area contributed by atoms with Crippen LogP contribution in [-0.2, 0) is 11.2 Å². The van der Waals surface area contributed by atoms with Gasteiger partial charge in [0.2, 0.25) is 5.91 Å². The van der Waals surface area contributed by atoms with Gasteiger partial charge in [0.05, 0.1) is 6.54 Å². The van der Waals surface area contributed by atoms with Crippen molar-refractivity contribution in [2.24, 2.45) is 0 Å². The number of carbonyl (C=O) groups is 2. The molecule has 2 amide bonds. The van der Waals surface area contributed by atoms with Crippen LogP contribution in [-0.4, -0.2) is 45.9 Å². The molecule has 1 unspecified atom stereocenters. The third-order valence-electron chi connectivity index (χ3n) is 4.48. The van der Waals surface area contributed by atoms with Crippen molar-refractivity contribution in [3.63, 3.8) is 0 Å². The molecule has 1 fully saturated rings. The summed E-state index contributed by atoms with van der Waals surface area (Å²) >= 11 is 0. The van der Waals surface area contributed by atoms with Gasteiger partial charge >= 0.3 is 6.01 Å². The van der Waals surface area contributed by atoms with Gasteiger partial charge in [-0.05, 0) is 49.1 Å². The Morgan fingerprint density at radius 2 is 1.93 bits per heavy atom. The number of aromatic nitrogens is 2. The van der Waals surface area contributed by atoms with Gasteiger partial charge in [0.15, 0.2) is 0 Å². The molecule has 7 heteroatoms. The molecule has 1 saturated heterocycles. The van der Waals surface area contributed by atoms with E-state index in [4.69, 9.17) is 4.74 Å². The molecular weight excluding hydrogens is 344 g/mol. The molecular formula is C20H24N4O3. The van der Waals surface area contributed by atoms with E-state index in [2.05, 4.69) is 15.3 Å². The molecule has 2 aromatic rings. The van der Waals surface area contributed by atoms with Crippen molar-refractivity contribution in [3.8, 4) is 6.01 Å². The second kappa shape index (κ2) is 8.62. The Labute approximate surface area is 158 Å². The number of hydrogen-bond acceptors (Lipinski definition) is 5. The Bertz CT molecular complexity index is 790. The lowest BCUT2D eigenvalue weighted by molar-refractivity contribution is -0.114. The molecule has 7 nitrogen and oxygen atoms in total. The average Bonchev–Trinajstić information content (AvgIpc) is 2.68. The smallest absolute Gasteiger partial charge is 0.316 e. The van der Waals surface area contributed by atoms with Gasteiger partial charge in [0, 0.05) is 37.1 Å². The normalized spacial score (nSPS) is 16.7. The van der Waals surface area contributed by atoms with Gasteiger partial charge in [-0.1, -0.05) is 6.92 Å². The number of rotatable bonds is 5. The number of hydrogen-bond donors (Lipinski definition) is 1. The Hall–Kier alpha value is -2.96. The fourth-order valence-electron chi connectivity index (χ4n) is 3.04. The maximum absolute atomic E-state index is 12.8. The minimum Gasteiger partial charge on any atom is -0.458 e. The number of benzene rings is 1. The molecule has 27 heavy (non-hydrogen) atoms. The summed E-state index contributed by atoms with van der Waals surface area (Å²) in [5.41, 5.74) is 2.32. The van der Waals surface area contributed by atoms with E-state index in [0.717, 1.165) is 24.8 Å². The number of piperidine rings is 1. The van der Waals surface area contributed by atoms with Crippen LogP contribution in [0, 0.1) is 0 Å². The van der Waals surface area contributed by atoms with Gasteiger partial charge in [0.1, 0.15) is 6.10 Å². The summed E-state index contributed by atoms with van der Waals surface area (Å²) in [5, 5.41) is 2.70. The van der Waals surface area contributed by atoms with Crippen LogP contribution in [0.5, 0.6) is 6.01 Å². The molecule has 1 atom stereocenters. The first kappa shape index (κ1) is 18.8. The number of aryl methyl sites for hydroxylation is 1. The predicted molar refractivity (Wildman–Crippen MR) is 102 cm³/mol. The molecule has 1 N–H and O–H groups in total. The number of likely N-dealkylation sites (tertiary alicyclic amines) is 1. The van der Waals surface area contributed by atoms with Crippen molar-refractivity contribution in [3.05, 3.63) is 47.8 Å². The number of anilines is 1. The largest absolute Gasteiger partial charge is 0.458 e. The maximum atomic E-state index is 12.8. The van der Waals surface area contributed by atoms with Crippen molar-refractivity contribution in [2.75, 3.05) is 18.4 Å². The first-order chi connectivity index (χ1) is 13.0. The van der Waals surface area contributed by atoms with E-state index in [1.807, 2.05) is 6.92 Å². The summed E-state index contributed by atoms with van der Waals surface area (Å²) in [4.78, 5) is 34.1. The first-order valence-corrected chi connectivity index (χ1v) is 9.19. The van der Waals surface area contributed by atoms with E-state index in [1.54, 1.807) is 41.6 Å². The van der Waals surface area contributed by atoms with Gasteiger partial charge in [0.25, 0.3) is 5.91 Å². The van der Waals surface area contributed by atoms with Gasteiger partial charge in [-0.25, -0.2) is 9.97 Å². The monoisotopic (exact) mass is 368 g/mol. The van der Waals surface area contributed by atoms with Crippen molar-refractivity contribution in [2.45, 2.75) is 39.2 Å². The van der Waals surface area contributed by atoms with E-state index < -0.39 is 0 Å². The SMILES string of the molecule is CCc1cnc(OC2CCCN(C(=O)c3ccc(NC(C)=O)cc3)C2)nc1. The lowest BCUT2D eigenvalue weighted by Gasteiger charge is -2.32. The molecule has 1 aliphatic rings. The highest BCUT2D eigenvalue weighted by Gasteiger charge is 2.26. The van der Waals surface area contributed by atoms with Crippen LogP contribution in [0.1, 0.15) is 42.6 Å².